The summed E-state index contributed by atoms with van der Waals surface area (Å²) in [6, 6.07) is 10.7. The highest BCUT2D eigenvalue weighted by atomic mass is 16.5. The number of nitrogens with zero attached hydrogens (tertiary/aromatic N) is 2. The van der Waals surface area contributed by atoms with Crippen LogP contribution >= 0.6 is 0 Å². The van der Waals surface area contributed by atoms with Crippen molar-refractivity contribution in [3.8, 4) is 11.5 Å². The molecular formula is C20H25N3O5. The number of rotatable bonds is 8. The van der Waals surface area contributed by atoms with E-state index in [-0.39, 0.29) is 11.8 Å². The van der Waals surface area contributed by atoms with Crippen LogP contribution in [0.4, 0.5) is 0 Å². The van der Waals surface area contributed by atoms with E-state index in [9.17, 15) is 9.59 Å². The van der Waals surface area contributed by atoms with Crippen molar-refractivity contribution in [3.63, 3.8) is 0 Å². The smallest absolute Gasteiger partial charge is 0.289 e. The van der Waals surface area contributed by atoms with E-state index in [1.54, 1.807) is 24.1 Å². The third-order valence-corrected chi connectivity index (χ3v) is 4.51. The molecule has 3 rings (SSSR count). The molecule has 28 heavy (non-hydrogen) atoms. The SMILES string of the molecule is COc1ccc(OCCNC(=O)CN2CCN(C(=O)c3ccco3)CC2)cc1. The zero-order chi connectivity index (χ0) is 19.8. The number of furan rings is 1. The molecule has 150 valence electrons. The number of hydrogen-bond donors (Lipinski definition) is 1. The normalized spacial score (nSPS) is 14.5. The van der Waals surface area contributed by atoms with Crippen molar-refractivity contribution >= 4 is 11.8 Å². The minimum Gasteiger partial charge on any atom is -0.497 e. The minimum absolute atomic E-state index is 0.0517. The van der Waals surface area contributed by atoms with Crippen molar-refractivity contribution in [2.75, 3.05) is 53.0 Å². The average molecular weight is 387 g/mol. The molecule has 1 aromatic carbocycles. The van der Waals surface area contributed by atoms with Crippen LogP contribution in [0.1, 0.15) is 10.6 Å². The number of methoxy groups -OCH3 is 1. The molecule has 1 aliphatic heterocycles. The maximum Gasteiger partial charge on any atom is 0.289 e. The van der Waals surface area contributed by atoms with E-state index in [0.717, 1.165) is 11.5 Å². The van der Waals surface area contributed by atoms with Gasteiger partial charge in [-0.05, 0) is 36.4 Å². The van der Waals surface area contributed by atoms with Crippen LogP contribution in [0.2, 0.25) is 0 Å². The van der Waals surface area contributed by atoms with Crippen molar-refractivity contribution < 1.29 is 23.5 Å². The van der Waals surface area contributed by atoms with E-state index in [1.807, 2.05) is 29.2 Å². The fourth-order valence-corrected chi connectivity index (χ4v) is 2.96. The molecule has 0 bridgehead atoms. The molecular weight excluding hydrogens is 362 g/mol. The van der Waals surface area contributed by atoms with Crippen molar-refractivity contribution in [2.24, 2.45) is 0 Å². The van der Waals surface area contributed by atoms with Crippen LogP contribution < -0.4 is 14.8 Å². The molecule has 1 N–H and O–H groups in total. The number of hydrogen-bond acceptors (Lipinski definition) is 6. The largest absolute Gasteiger partial charge is 0.497 e. The highest BCUT2D eigenvalue weighted by molar-refractivity contribution is 5.91. The summed E-state index contributed by atoms with van der Waals surface area (Å²) in [6.45, 7) is 3.60. The highest BCUT2D eigenvalue weighted by Gasteiger charge is 2.24. The zero-order valence-electron chi connectivity index (χ0n) is 15.9. The molecule has 0 radical (unpaired) electrons. The lowest BCUT2D eigenvalue weighted by molar-refractivity contribution is -0.122. The van der Waals surface area contributed by atoms with Gasteiger partial charge in [-0.15, -0.1) is 0 Å². The predicted molar refractivity (Wildman–Crippen MR) is 103 cm³/mol. The molecule has 1 fully saturated rings. The molecule has 2 amide bonds. The summed E-state index contributed by atoms with van der Waals surface area (Å²) in [5.74, 6) is 1.69. The van der Waals surface area contributed by atoms with Crippen LogP contribution in [-0.4, -0.2) is 74.6 Å². The molecule has 8 nitrogen and oxygen atoms in total. The fraction of sp³-hybridized carbons (Fsp3) is 0.400. The van der Waals surface area contributed by atoms with E-state index < -0.39 is 0 Å². The second-order valence-electron chi connectivity index (χ2n) is 6.42. The zero-order valence-corrected chi connectivity index (χ0v) is 15.9. The number of ether oxygens (including phenoxy) is 2. The number of benzene rings is 1. The van der Waals surface area contributed by atoms with Gasteiger partial charge in [-0.3, -0.25) is 14.5 Å². The van der Waals surface area contributed by atoms with Crippen molar-refractivity contribution in [2.45, 2.75) is 0 Å². The van der Waals surface area contributed by atoms with Gasteiger partial charge in [0, 0.05) is 26.2 Å². The number of nitrogens with one attached hydrogen (secondary N) is 1. The Balaban J connectivity index is 1.30. The maximum absolute atomic E-state index is 12.2. The Hall–Kier alpha value is -3.00. The van der Waals surface area contributed by atoms with Crippen LogP contribution in [0.25, 0.3) is 0 Å². The van der Waals surface area contributed by atoms with Crippen molar-refractivity contribution in [3.05, 3.63) is 48.4 Å². The second-order valence-corrected chi connectivity index (χ2v) is 6.42. The van der Waals surface area contributed by atoms with E-state index in [0.29, 0.717) is 51.6 Å². The number of carbonyl (C=O) groups excluding carboxylic acids is 2. The van der Waals surface area contributed by atoms with Crippen LogP contribution in [0.5, 0.6) is 11.5 Å². The van der Waals surface area contributed by atoms with Gasteiger partial charge in [0.2, 0.25) is 5.91 Å². The fourth-order valence-electron chi connectivity index (χ4n) is 2.96. The minimum atomic E-state index is -0.107. The first-order valence-corrected chi connectivity index (χ1v) is 9.24. The second kappa shape index (κ2) is 9.80. The Morgan fingerprint density at radius 3 is 2.43 bits per heavy atom. The summed E-state index contributed by atoms with van der Waals surface area (Å²) < 4.78 is 15.8. The van der Waals surface area contributed by atoms with Crippen molar-refractivity contribution in [1.82, 2.24) is 15.1 Å². The molecule has 0 unspecified atom stereocenters. The van der Waals surface area contributed by atoms with E-state index in [4.69, 9.17) is 13.9 Å². The van der Waals surface area contributed by atoms with Gasteiger partial charge in [0.1, 0.15) is 18.1 Å². The standard InChI is InChI=1S/C20H25N3O5/c1-26-16-4-6-17(7-5-16)27-14-8-21-19(24)15-22-9-11-23(12-10-22)20(25)18-3-2-13-28-18/h2-7,13H,8-12,14-15H2,1H3,(H,21,24). The lowest BCUT2D eigenvalue weighted by Crippen LogP contribution is -2.51. The third-order valence-electron chi connectivity index (χ3n) is 4.51. The Kier molecular flexibility index (Phi) is 6.91. The molecule has 2 heterocycles. The Labute approximate surface area is 164 Å². The molecule has 0 spiro atoms. The van der Waals surface area contributed by atoms with Gasteiger partial charge in [0.15, 0.2) is 5.76 Å². The average Bonchev–Trinajstić information content (AvgIpc) is 3.26. The molecule has 8 heteroatoms. The van der Waals surface area contributed by atoms with Gasteiger partial charge in [-0.2, -0.15) is 0 Å². The van der Waals surface area contributed by atoms with Crippen LogP contribution in [0.3, 0.4) is 0 Å². The molecule has 2 aromatic rings. The molecule has 1 saturated heterocycles. The van der Waals surface area contributed by atoms with Crippen molar-refractivity contribution in [1.29, 1.82) is 0 Å². The van der Waals surface area contributed by atoms with Crippen LogP contribution in [-0.2, 0) is 4.79 Å². The first-order valence-electron chi connectivity index (χ1n) is 9.24. The number of carbonyl (C=O) groups is 2. The Bertz CT molecular complexity index is 753. The lowest BCUT2D eigenvalue weighted by Gasteiger charge is -2.33. The quantitative estimate of drug-likeness (QED) is 0.686. The topological polar surface area (TPSA) is 84.3 Å². The third kappa shape index (κ3) is 5.50. The van der Waals surface area contributed by atoms with Gasteiger partial charge in [0.05, 0.1) is 26.5 Å². The lowest BCUT2D eigenvalue weighted by atomic mass is 10.3. The maximum atomic E-state index is 12.2. The first-order chi connectivity index (χ1) is 13.7. The number of amides is 2. The summed E-state index contributed by atoms with van der Waals surface area (Å²) in [7, 11) is 1.61. The first kappa shape index (κ1) is 19.8. The molecule has 0 aliphatic carbocycles. The Morgan fingerprint density at radius 2 is 1.79 bits per heavy atom. The van der Waals surface area contributed by atoms with Crippen LogP contribution in [0.15, 0.2) is 47.1 Å². The van der Waals surface area contributed by atoms with E-state index in [1.165, 1.54) is 6.26 Å². The van der Waals surface area contributed by atoms with Gasteiger partial charge in [-0.25, -0.2) is 0 Å². The monoisotopic (exact) mass is 387 g/mol. The molecule has 1 aromatic heterocycles. The van der Waals surface area contributed by atoms with Gasteiger partial charge in [0.25, 0.3) is 5.91 Å². The van der Waals surface area contributed by atoms with Gasteiger partial charge >= 0.3 is 0 Å². The van der Waals surface area contributed by atoms with Gasteiger partial charge < -0.3 is 24.1 Å². The number of piperazine rings is 1. The summed E-state index contributed by atoms with van der Waals surface area (Å²) in [6.07, 6.45) is 1.49. The molecule has 0 atom stereocenters. The summed E-state index contributed by atoms with van der Waals surface area (Å²) in [5.41, 5.74) is 0. The van der Waals surface area contributed by atoms with E-state index in [2.05, 4.69) is 5.32 Å². The summed E-state index contributed by atoms with van der Waals surface area (Å²) >= 11 is 0. The highest BCUT2D eigenvalue weighted by Crippen LogP contribution is 2.16. The van der Waals surface area contributed by atoms with Crippen LogP contribution in [0, 0.1) is 0 Å². The summed E-state index contributed by atoms with van der Waals surface area (Å²) in [4.78, 5) is 28.1. The van der Waals surface area contributed by atoms with Gasteiger partial charge in [-0.1, -0.05) is 0 Å². The Morgan fingerprint density at radius 1 is 1.07 bits per heavy atom. The summed E-state index contributed by atoms with van der Waals surface area (Å²) in [5, 5.41) is 2.85. The molecule has 1 aliphatic rings. The van der Waals surface area contributed by atoms with E-state index >= 15 is 0 Å². The molecule has 0 saturated carbocycles. The predicted octanol–water partition coefficient (Wildman–Crippen LogP) is 1.24.